The molecule has 0 aliphatic heterocycles. The molecule has 0 saturated heterocycles. The number of hydrogen-bond donors (Lipinski definition) is 0. The number of nitrogens with zero attached hydrogens (tertiary/aromatic N) is 1. The highest BCUT2D eigenvalue weighted by molar-refractivity contribution is 5.58. The summed E-state index contributed by atoms with van der Waals surface area (Å²) in [6.07, 6.45) is 1.45. The van der Waals surface area contributed by atoms with E-state index in [0.29, 0.717) is 6.42 Å². The van der Waals surface area contributed by atoms with E-state index >= 15 is 0 Å². The van der Waals surface area contributed by atoms with E-state index in [0.717, 1.165) is 24.9 Å². The number of carbonyl (C=O) groups excluding carboxylic acids is 1. The zero-order valence-corrected chi connectivity index (χ0v) is 8.86. The summed E-state index contributed by atoms with van der Waals surface area (Å²) in [5.74, 6) is 0. The van der Waals surface area contributed by atoms with Gasteiger partial charge >= 0.3 is 0 Å². The quantitative estimate of drug-likeness (QED) is 0.665. The molecule has 1 aromatic carbocycles. The monoisotopic (exact) mass is 191 g/mol. The Labute approximate surface area is 85.5 Å². The van der Waals surface area contributed by atoms with Crippen LogP contribution in [0.15, 0.2) is 24.3 Å². The van der Waals surface area contributed by atoms with E-state index in [4.69, 9.17) is 0 Å². The summed E-state index contributed by atoms with van der Waals surface area (Å²) in [6, 6.07) is 8.16. The predicted octanol–water partition coefficient (Wildman–Crippen LogP) is 2.27. The van der Waals surface area contributed by atoms with E-state index in [-0.39, 0.29) is 0 Å². The summed E-state index contributed by atoms with van der Waals surface area (Å²) in [5.41, 5.74) is 2.29. The molecule has 0 aromatic heterocycles. The van der Waals surface area contributed by atoms with Gasteiger partial charge in [-0.1, -0.05) is 12.1 Å². The van der Waals surface area contributed by atoms with Crippen molar-refractivity contribution >= 4 is 12.0 Å². The maximum atomic E-state index is 10.4. The van der Waals surface area contributed by atoms with Crippen molar-refractivity contribution in [2.45, 2.75) is 20.3 Å². The lowest BCUT2D eigenvalue weighted by atomic mass is 10.1. The minimum Gasteiger partial charge on any atom is -0.372 e. The number of benzene rings is 1. The fourth-order valence-corrected chi connectivity index (χ4v) is 1.57. The van der Waals surface area contributed by atoms with Gasteiger partial charge < -0.3 is 9.69 Å². The Morgan fingerprint density at radius 2 is 2.00 bits per heavy atom. The van der Waals surface area contributed by atoms with Crippen LogP contribution in [0.3, 0.4) is 0 Å². The van der Waals surface area contributed by atoms with E-state index < -0.39 is 0 Å². The number of anilines is 1. The highest BCUT2D eigenvalue weighted by Crippen LogP contribution is 2.15. The van der Waals surface area contributed by atoms with Crippen molar-refractivity contribution in [2.75, 3.05) is 18.0 Å². The normalized spacial score (nSPS) is 9.86. The van der Waals surface area contributed by atoms with E-state index in [2.05, 4.69) is 30.9 Å². The van der Waals surface area contributed by atoms with Gasteiger partial charge in [-0.15, -0.1) is 0 Å². The van der Waals surface area contributed by atoms with Gasteiger partial charge in [0.05, 0.1) is 0 Å². The highest BCUT2D eigenvalue weighted by atomic mass is 16.1. The maximum Gasteiger partial charge on any atom is 0.124 e. The van der Waals surface area contributed by atoms with Crippen LogP contribution in [0.1, 0.15) is 19.4 Å². The first-order valence-electron chi connectivity index (χ1n) is 5.09. The van der Waals surface area contributed by atoms with E-state index in [1.165, 1.54) is 5.69 Å². The van der Waals surface area contributed by atoms with Crippen molar-refractivity contribution in [3.8, 4) is 0 Å². The standard InChI is InChI=1S/C12H17NO/c1-3-13(4-2)12-7-5-6-11(10-12)8-9-14/h5-7,9-10H,3-4,8H2,1-2H3. The SMILES string of the molecule is CCN(CC)c1cccc(CC=O)c1. The summed E-state index contributed by atoms with van der Waals surface area (Å²) in [7, 11) is 0. The topological polar surface area (TPSA) is 20.3 Å². The molecule has 0 spiro atoms. The van der Waals surface area contributed by atoms with E-state index in [9.17, 15) is 4.79 Å². The summed E-state index contributed by atoms with van der Waals surface area (Å²) in [4.78, 5) is 12.7. The average molecular weight is 191 g/mol. The Kier molecular flexibility index (Phi) is 4.17. The Morgan fingerprint density at radius 1 is 1.29 bits per heavy atom. The first kappa shape index (κ1) is 10.8. The van der Waals surface area contributed by atoms with Gasteiger partial charge in [-0.2, -0.15) is 0 Å². The molecular formula is C12H17NO. The first-order valence-corrected chi connectivity index (χ1v) is 5.09. The molecule has 14 heavy (non-hydrogen) atoms. The smallest absolute Gasteiger partial charge is 0.124 e. The van der Waals surface area contributed by atoms with Gasteiger partial charge in [0.25, 0.3) is 0 Å². The Hall–Kier alpha value is -1.31. The van der Waals surface area contributed by atoms with Crippen molar-refractivity contribution in [3.63, 3.8) is 0 Å². The average Bonchev–Trinajstić information content (AvgIpc) is 2.21. The maximum absolute atomic E-state index is 10.4. The molecule has 76 valence electrons. The minimum atomic E-state index is 0.509. The molecule has 0 amide bonds. The van der Waals surface area contributed by atoms with Crippen LogP contribution in [0.2, 0.25) is 0 Å². The predicted molar refractivity (Wildman–Crippen MR) is 59.8 cm³/mol. The number of carbonyl (C=O) groups is 1. The van der Waals surface area contributed by atoms with Crippen LogP contribution in [0.4, 0.5) is 5.69 Å². The van der Waals surface area contributed by atoms with Gasteiger partial charge in [0.1, 0.15) is 6.29 Å². The van der Waals surface area contributed by atoms with Crippen LogP contribution in [0, 0.1) is 0 Å². The molecule has 0 heterocycles. The van der Waals surface area contributed by atoms with Gasteiger partial charge in [-0.05, 0) is 31.5 Å². The second-order valence-electron chi connectivity index (χ2n) is 3.21. The van der Waals surface area contributed by atoms with Crippen molar-refractivity contribution in [2.24, 2.45) is 0 Å². The zero-order valence-electron chi connectivity index (χ0n) is 8.86. The fourth-order valence-electron chi connectivity index (χ4n) is 1.57. The molecule has 0 unspecified atom stereocenters. The molecule has 0 saturated carbocycles. The molecule has 0 fully saturated rings. The second-order valence-corrected chi connectivity index (χ2v) is 3.21. The van der Waals surface area contributed by atoms with Gasteiger partial charge in [-0.25, -0.2) is 0 Å². The summed E-state index contributed by atoms with van der Waals surface area (Å²) < 4.78 is 0. The van der Waals surface area contributed by atoms with Gasteiger partial charge in [0.15, 0.2) is 0 Å². The largest absolute Gasteiger partial charge is 0.372 e. The van der Waals surface area contributed by atoms with Crippen LogP contribution >= 0.6 is 0 Å². The molecule has 0 bridgehead atoms. The molecule has 0 radical (unpaired) electrons. The molecule has 1 aromatic rings. The Bertz CT molecular complexity index is 292. The third-order valence-electron chi connectivity index (χ3n) is 2.36. The lowest BCUT2D eigenvalue weighted by Crippen LogP contribution is -2.21. The van der Waals surface area contributed by atoms with Gasteiger partial charge in [0, 0.05) is 25.2 Å². The van der Waals surface area contributed by atoms with Crippen molar-refractivity contribution in [3.05, 3.63) is 29.8 Å². The van der Waals surface area contributed by atoms with E-state index in [1.807, 2.05) is 12.1 Å². The summed E-state index contributed by atoms with van der Waals surface area (Å²) >= 11 is 0. The van der Waals surface area contributed by atoms with Crippen LogP contribution in [0.5, 0.6) is 0 Å². The third kappa shape index (κ3) is 2.59. The summed E-state index contributed by atoms with van der Waals surface area (Å²) in [6.45, 7) is 6.27. The van der Waals surface area contributed by atoms with Crippen LogP contribution < -0.4 is 4.90 Å². The lowest BCUT2D eigenvalue weighted by Gasteiger charge is -2.21. The molecule has 0 N–H and O–H groups in total. The van der Waals surface area contributed by atoms with Gasteiger partial charge in [0.2, 0.25) is 0 Å². The fraction of sp³-hybridized carbons (Fsp3) is 0.417. The van der Waals surface area contributed by atoms with Crippen LogP contribution in [0.25, 0.3) is 0 Å². The number of rotatable bonds is 5. The summed E-state index contributed by atoms with van der Waals surface area (Å²) in [5, 5.41) is 0. The minimum absolute atomic E-state index is 0.509. The molecule has 0 atom stereocenters. The number of hydrogen-bond acceptors (Lipinski definition) is 2. The highest BCUT2D eigenvalue weighted by Gasteiger charge is 2.01. The first-order chi connectivity index (χ1) is 6.81. The molecule has 2 heteroatoms. The van der Waals surface area contributed by atoms with Crippen LogP contribution in [-0.2, 0) is 11.2 Å². The second kappa shape index (κ2) is 5.43. The van der Waals surface area contributed by atoms with Crippen molar-refractivity contribution in [1.29, 1.82) is 0 Å². The van der Waals surface area contributed by atoms with Crippen molar-refractivity contribution in [1.82, 2.24) is 0 Å². The molecule has 0 aliphatic carbocycles. The van der Waals surface area contributed by atoms with Gasteiger partial charge in [-0.3, -0.25) is 0 Å². The molecule has 2 nitrogen and oxygen atoms in total. The Balaban J connectivity index is 2.86. The zero-order chi connectivity index (χ0) is 10.4. The van der Waals surface area contributed by atoms with Crippen LogP contribution in [-0.4, -0.2) is 19.4 Å². The Morgan fingerprint density at radius 3 is 2.57 bits per heavy atom. The van der Waals surface area contributed by atoms with Crippen molar-refractivity contribution < 1.29 is 4.79 Å². The lowest BCUT2D eigenvalue weighted by molar-refractivity contribution is -0.107. The molecule has 1 rings (SSSR count). The molecule has 0 aliphatic rings. The molecular weight excluding hydrogens is 174 g/mol. The third-order valence-corrected chi connectivity index (χ3v) is 2.36. The van der Waals surface area contributed by atoms with E-state index in [1.54, 1.807) is 0 Å². The number of aldehydes is 1.